The van der Waals surface area contributed by atoms with E-state index in [1.807, 2.05) is 20.8 Å². The zero-order valence-electron chi connectivity index (χ0n) is 18.9. The Hall–Kier alpha value is -1.21. The van der Waals surface area contributed by atoms with Crippen molar-refractivity contribution in [3.63, 3.8) is 0 Å². The van der Waals surface area contributed by atoms with Crippen molar-refractivity contribution in [2.75, 3.05) is 14.1 Å². The quantitative estimate of drug-likeness (QED) is 0.317. The second-order valence-corrected chi connectivity index (χ2v) is 9.04. The number of hydrogen-bond donors (Lipinski definition) is 5. The maximum atomic E-state index is 12.8. The minimum Gasteiger partial charge on any atom is -0.360 e. The normalized spacial score (nSPS) is 44.5. The smallest absolute Gasteiger partial charge is 0.239 e. The Balaban J connectivity index is 1.85. The fourth-order valence-electron chi connectivity index (χ4n) is 4.86. The lowest BCUT2D eigenvalue weighted by Crippen LogP contribution is -2.76. The van der Waals surface area contributed by atoms with Crippen LogP contribution >= 0.6 is 0 Å². The lowest BCUT2D eigenvalue weighted by atomic mass is 9.80. The van der Waals surface area contributed by atoms with Gasteiger partial charge in [-0.15, -0.1) is 0 Å². The van der Waals surface area contributed by atoms with Gasteiger partial charge in [-0.1, -0.05) is 25.4 Å². The SMILES string of the molecule is CCC(C)C(N)C(=O)NC1CC(C)OC2OC3CC(NC)C(N=O)C(NC)C3OC12O. The van der Waals surface area contributed by atoms with Crippen LogP contribution in [0.5, 0.6) is 0 Å². The topological polar surface area (TPSA) is 157 Å². The highest BCUT2D eigenvalue weighted by Gasteiger charge is 2.62. The summed E-state index contributed by atoms with van der Waals surface area (Å²) in [6, 6.07) is -2.81. The van der Waals surface area contributed by atoms with Gasteiger partial charge >= 0.3 is 0 Å². The number of amides is 1. The number of nitrogens with two attached hydrogens (primary N) is 1. The Morgan fingerprint density at radius 1 is 1.29 bits per heavy atom. The standard InChI is InChI=1S/C20H37N5O6/c1-6-9(2)14(21)18(26)24-13-7-10(3)29-19-20(13,27)31-17-12(30-19)8-11(22-4)15(25-28)16(17)23-5/h9-17,19,22-23,27H,6-8,21H2,1-5H3,(H,24,26). The van der Waals surface area contributed by atoms with Gasteiger partial charge in [0.1, 0.15) is 12.1 Å². The van der Waals surface area contributed by atoms with Crippen molar-refractivity contribution >= 4 is 5.91 Å². The van der Waals surface area contributed by atoms with Crippen LogP contribution in [0.2, 0.25) is 0 Å². The minimum absolute atomic E-state index is 0.0134. The molecule has 0 aromatic heterocycles. The van der Waals surface area contributed by atoms with E-state index in [-0.39, 0.29) is 24.0 Å². The van der Waals surface area contributed by atoms with Gasteiger partial charge in [-0.25, -0.2) is 0 Å². The maximum Gasteiger partial charge on any atom is 0.239 e. The van der Waals surface area contributed by atoms with E-state index in [0.717, 1.165) is 6.42 Å². The van der Waals surface area contributed by atoms with E-state index in [1.165, 1.54) is 0 Å². The number of carbonyl (C=O) groups is 1. The van der Waals surface area contributed by atoms with Crippen LogP contribution in [0.25, 0.3) is 0 Å². The van der Waals surface area contributed by atoms with Crippen molar-refractivity contribution in [3.8, 4) is 0 Å². The second kappa shape index (κ2) is 9.74. The molecule has 0 bridgehead atoms. The van der Waals surface area contributed by atoms with Crippen LogP contribution in [-0.2, 0) is 19.0 Å². The van der Waals surface area contributed by atoms with Crippen LogP contribution in [0.15, 0.2) is 5.18 Å². The number of hydrogen-bond acceptors (Lipinski definition) is 10. The predicted molar refractivity (Wildman–Crippen MR) is 113 cm³/mol. The fourth-order valence-corrected chi connectivity index (χ4v) is 4.86. The van der Waals surface area contributed by atoms with Crippen LogP contribution in [0.3, 0.4) is 0 Å². The van der Waals surface area contributed by atoms with Gasteiger partial charge in [0.25, 0.3) is 0 Å². The van der Waals surface area contributed by atoms with Gasteiger partial charge in [0.2, 0.25) is 18.0 Å². The molecule has 11 heteroatoms. The first kappa shape index (κ1) is 24.4. The number of nitroso groups, excluding NO2 is 1. The van der Waals surface area contributed by atoms with Crippen molar-refractivity contribution < 1.29 is 24.1 Å². The van der Waals surface area contributed by atoms with E-state index in [2.05, 4.69) is 21.1 Å². The Kier molecular flexibility index (Phi) is 7.67. The molecule has 11 nitrogen and oxygen atoms in total. The first-order valence-electron chi connectivity index (χ1n) is 11.1. The molecule has 3 fully saturated rings. The van der Waals surface area contributed by atoms with Crippen LogP contribution in [0.1, 0.15) is 40.0 Å². The summed E-state index contributed by atoms with van der Waals surface area (Å²) in [6.45, 7) is 5.72. The highest BCUT2D eigenvalue weighted by molar-refractivity contribution is 5.82. The van der Waals surface area contributed by atoms with E-state index in [4.69, 9.17) is 19.9 Å². The average Bonchev–Trinajstić information content (AvgIpc) is 2.75. The summed E-state index contributed by atoms with van der Waals surface area (Å²) in [7, 11) is 3.47. The van der Waals surface area contributed by atoms with Gasteiger partial charge in [0, 0.05) is 6.04 Å². The molecule has 0 aromatic carbocycles. The van der Waals surface area contributed by atoms with E-state index in [1.54, 1.807) is 14.1 Å². The van der Waals surface area contributed by atoms with E-state index in [9.17, 15) is 14.8 Å². The summed E-state index contributed by atoms with van der Waals surface area (Å²) in [4.78, 5) is 24.3. The van der Waals surface area contributed by atoms with Crippen molar-refractivity contribution in [1.82, 2.24) is 16.0 Å². The van der Waals surface area contributed by atoms with E-state index in [0.29, 0.717) is 12.8 Å². The molecule has 3 aliphatic rings. The number of nitrogens with one attached hydrogen (secondary N) is 3. The molecule has 31 heavy (non-hydrogen) atoms. The number of nitrogens with zero attached hydrogens (tertiary/aromatic N) is 1. The van der Waals surface area contributed by atoms with E-state index < -0.39 is 48.5 Å². The summed E-state index contributed by atoms with van der Waals surface area (Å²) in [5, 5.41) is 23.9. The monoisotopic (exact) mass is 443 g/mol. The molecule has 11 atom stereocenters. The van der Waals surface area contributed by atoms with Crippen LogP contribution in [0, 0.1) is 10.8 Å². The highest BCUT2D eigenvalue weighted by atomic mass is 16.8. The van der Waals surface area contributed by atoms with Crippen LogP contribution < -0.4 is 21.7 Å². The first-order chi connectivity index (χ1) is 14.7. The van der Waals surface area contributed by atoms with Crippen LogP contribution in [0.4, 0.5) is 0 Å². The molecule has 0 radical (unpaired) electrons. The largest absolute Gasteiger partial charge is 0.360 e. The van der Waals surface area contributed by atoms with Gasteiger partial charge in [-0.3, -0.25) is 4.79 Å². The summed E-state index contributed by atoms with van der Waals surface area (Å²) >= 11 is 0. The average molecular weight is 444 g/mol. The fraction of sp³-hybridized carbons (Fsp3) is 0.950. The number of aliphatic hydroxyl groups is 1. The van der Waals surface area contributed by atoms with Gasteiger partial charge in [0.15, 0.2) is 0 Å². The Bertz CT molecular complexity index is 656. The molecule has 2 aliphatic heterocycles. The van der Waals surface area contributed by atoms with Gasteiger partial charge in [-0.2, -0.15) is 4.91 Å². The summed E-state index contributed by atoms with van der Waals surface area (Å²) < 4.78 is 18.2. The lowest BCUT2D eigenvalue weighted by Gasteiger charge is -2.56. The third-order valence-corrected chi connectivity index (χ3v) is 7.07. The van der Waals surface area contributed by atoms with Crippen LogP contribution in [-0.4, -0.2) is 85.7 Å². The molecule has 11 unspecified atom stereocenters. The van der Waals surface area contributed by atoms with Crippen molar-refractivity contribution in [3.05, 3.63) is 4.91 Å². The Labute approximate surface area is 183 Å². The molecule has 1 saturated carbocycles. The third-order valence-electron chi connectivity index (χ3n) is 7.07. The molecule has 3 rings (SSSR count). The summed E-state index contributed by atoms with van der Waals surface area (Å²) in [5.41, 5.74) is 6.09. The molecule has 0 aromatic rings. The maximum absolute atomic E-state index is 12.8. The molecular weight excluding hydrogens is 406 g/mol. The van der Waals surface area contributed by atoms with Gasteiger partial charge < -0.3 is 41.0 Å². The molecule has 2 heterocycles. The molecule has 0 spiro atoms. The Morgan fingerprint density at radius 3 is 2.58 bits per heavy atom. The minimum atomic E-state index is -1.92. The van der Waals surface area contributed by atoms with Crippen molar-refractivity contribution in [2.45, 2.75) is 101 Å². The second-order valence-electron chi connectivity index (χ2n) is 9.04. The number of likely N-dealkylation sites (N-methyl/N-ethyl adjacent to an activating group) is 2. The lowest BCUT2D eigenvalue weighted by molar-refractivity contribution is -0.440. The zero-order chi connectivity index (χ0) is 22.9. The van der Waals surface area contributed by atoms with Crippen molar-refractivity contribution in [2.24, 2.45) is 16.8 Å². The number of carbonyl (C=O) groups excluding carboxylic acids is 1. The summed E-state index contributed by atoms with van der Waals surface area (Å²) in [5.74, 6) is -2.29. The molecule has 2 saturated heterocycles. The molecule has 6 N–H and O–H groups in total. The van der Waals surface area contributed by atoms with Crippen molar-refractivity contribution in [1.29, 1.82) is 0 Å². The Morgan fingerprint density at radius 2 is 2.00 bits per heavy atom. The molecular formula is C20H37N5O6. The van der Waals surface area contributed by atoms with Gasteiger partial charge in [-0.05, 0) is 39.8 Å². The number of fused-ring (bicyclic) bond motifs is 2. The predicted octanol–water partition coefficient (Wildman–Crippen LogP) is -0.833. The first-order valence-corrected chi connectivity index (χ1v) is 11.1. The molecule has 1 amide bonds. The third kappa shape index (κ3) is 4.50. The van der Waals surface area contributed by atoms with E-state index >= 15 is 0 Å². The van der Waals surface area contributed by atoms with Gasteiger partial charge in [0.05, 0.1) is 30.3 Å². The molecule has 1 aliphatic carbocycles. The summed E-state index contributed by atoms with van der Waals surface area (Å²) in [6.07, 6.45) is -0.894. The zero-order valence-corrected chi connectivity index (χ0v) is 18.9. The molecule has 178 valence electrons. The number of rotatable bonds is 7. The number of ether oxygens (including phenoxy) is 3. The highest BCUT2D eigenvalue weighted by Crippen LogP contribution is 2.42.